The second-order valence-electron chi connectivity index (χ2n) is 6.64. The molecule has 1 aromatic rings. The van der Waals surface area contributed by atoms with E-state index in [1.54, 1.807) is 20.8 Å². The van der Waals surface area contributed by atoms with E-state index in [1.165, 1.54) is 0 Å². The Balaban J connectivity index is 3.22. The van der Waals surface area contributed by atoms with Crippen LogP contribution in [0, 0.1) is 0 Å². The molecule has 0 bridgehead atoms. The second-order valence-corrected chi connectivity index (χ2v) is 6.64. The summed E-state index contributed by atoms with van der Waals surface area (Å²) in [5, 5.41) is 2.24. The molecule has 0 aliphatic rings. The van der Waals surface area contributed by atoms with E-state index in [-0.39, 0.29) is 5.69 Å². The highest BCUT2D eigenvalue weighted by atomic mass is 19.4. The summed E-state index contributed by atoms with van der Waals surface area (Å²) in [6.45, 7) is 3.99. The lowest BCUT2D eigenvalue weighted by Crippen LogP contribution is -2.55. The van der Waals surface area contributed by atoms with Crippen LogP contribution in [0.4, 0.5) is 36.8 Å². The molecule has 148 valence electrons. The minimum atomic E-state index is -5.59. The summed E-state index contributed by atoms with van der Waals surface area (Å²) in [6.07, 6.45) is -13.4. The molecule has 0 aliphatic carbocycles. The molecule has 0 saturated heterocycles. The first kappa shape index (κ1) is 22.1. The predicted octanol–water partition coefficient (Wildman–Crippen LogP) is 4.74. The molecule has 0 fully saturated rings. The molecule has 26 heavy (non-hydrogen) atoms. The normalized spacial score (nSPS) is 13.5. The number of ether oxygens (including phenoxy) is 1. The summed E-state index contributed by atoms with van der Waals surface area (Å²) in [5.74, 6) is 0. The SMILES string of the molecule is CC(C)(C)OC(=O)Nc1ccc(C(CCN)(C(F)(F)F)C(F)(F)F)cc1. The summed E-state index contributed by atoms with van der Waals surface area (Å²) in [5.41, 5.74) is -0.878. The Hall–Kier alpha value is -1.97. The van der Waals surface area contributed by atoms with E-state index in [1.807, 2.05) is 0 Å². The number of hydrogen-bond donors (Lipinski definition) is 2. The second kappa shape index (κ2) is 7.34. The van der Waals surface area contributed by atoms with E-state index in [2.05, 4.69) is 5.32 Å². The lowest BCUT2D eigenvalue weighted by atomic mass is 9.76. The van der Waals surface area contributed by atoms with Crippen molar-refractivity contribution in [2.45, 2.75) is 50.6 Å². The summed E-state index contributed by atoms with van der Waals surface area (Å²) < 4.78 is 85.2. The van der Waals surface area contributed by atoms with Gasteiger partial charge < -0.3 is 10.5 Å². The van der Waals surface area contributed by atoms with E-state index in [0.717, 1.165) is 12.1 Å². The standard InChI is InChI=1S/C16H20F6N2O2/c1-13(2,3)26-12(25)24-11-6-4-10(5-7-11)14(8-9-23,15(17,18)19)16(20,21)22/h4-7H,8-9,23H2,1-3H3,(H,24,25). The van der Waals surface area contributed by atoms with Crippen molar-refractivity contribution in [2.75, 3.05) is 11.9 Å². The van der Waals surface area contributed by atoms with Crippen LogP contribution in [0.5, 0.6) is 0 Å². The third kappa shape index (κ3) is 4.80. The van der Waals surface area contributed by atoms with Crippen molar-refractivity contribution in [1.29, 1.82) is 0 Å². The molecular formula is C16H20F6N2O2. The summed E-state index contributed by atoms with van der Waals surface area (Å²) in [4.78, 5) is 11.6. The van der Waals surface area contributed by atoms with E-state index in [0.29, 0.717) is 12.1 Å². The third-order valence-electron chi connectivity index (χ3n) is 3.51. The van der Waals surface area contributed by atoms with Gasteiger partial charge in [0.15, 0.2) is 5.41 Å². The van der Waals surface area contributed by atoms with Crippen molar-refractivity contribution in [3.63, 3.8) is 0 Å². The van der Waals surface area contributed by atoms with Crippen molar-refractivity contribution in [2.24, 2.45) is 5.73 Å². The highest BCUT2D eigenvalue weighted by Crippen LogP contribution is 2.54. The lowest BCUT2D eigenvalue weighted by Gasteiger charge is -2.37. The zero-order chi connectivity index (χ0) is 20.4. The molecule has 4 nitrogen and oxygen atoms in total. The Morgan fingerprint density at radius 2 is 1.46 bits per heavy atom. The number of alkyl halides is 6. The van der Waals surface area contributed by atoms with Crippen molar-refractivity contribution in [3.8, 4) is 0 Å². The van der Waals surface area contributed by atoms with E-state index >= 15 is 0 Å². The van der Waals surface area contributed by atoms with Gasteiger partial charge in [0.1, 0.15) is 5.60 Å². The van der Waals surface area contributed by atoms with Crippen LogP contribution in [-0.2, 0) is 10.2 Å². The number of benzene rings is 1. The molecule has 1 rings (SSSR count). The summed E-state index contributed by atoms with van der Waals surface area (Å²) in [6, 6.07) is 3.23. The van der Waals surface area contributed by atoms with Crippen molar-refractivity contribution < 1.29 is 35.9 Å². The minimum Gasteiger partial charge on any atom is -0.444 e. The number of anilines is 1. The Labute approximate surface area is 146 Å². The Bertz CT molecular complexity index is 604. The van der Waals surface area contributed by atoms with E-state index in [4.69, 9.17) is 10.5 Å². The largest absolute Gasteiger partial charge is 0.444 e. The maximum atomic E-state index is 13.4. The topological polar surface area (TPSA) is 64.3 Å². The van der Waals surface area contributed by atoms with Crippen LogP contribution >= 0.6 is 0 Å². The quantitative estimate of drug-likeness (QED) is 0.735. The van der Waals surface area contributed by atoms with Gasteiger partial charge in [-0.25, -0.2) is 4.79 Å². The van der Waals surface area contributed by atoms with Gasteiger partial charge in [-0.05, 0) is 51.4 Å². The molecular weight excluding hydrogens is 366 g/mol. The third-order valence-corrected chi connectivity index (χ3v) is 3.51. The Morgan fingerprint density at radius 3 is 1.81 bits per heavy atom. The smallest absolute Gasteiger partial charge is 0.412 e. The lowest BCUT2D eigenvalue weighted by molar-refractivity contribution is -0.304. The van der Waals surface area contributed by atoms with Gasteiger partial charge in [0.2, 0.25) is 0 Å². The van der Waals surface area contributed by atoms with Gasteiger partial charge in [0.25, 0.3) is 0 Å². The molecule has 0 atom stereocenters. The molecule has 0 heterocycles. The maximum Gasteiger partial charge on any atom is 0.412 e. The van der Waals surface area contributed by atoms with Crippen molar-refractivity contribution in [1.82, 2.24) is 0 Å². The van der Waals surface area contributed by atoms with Crippen LogP contribution in [-0.4, -0.2) is 30.6 Å². The Morgan fingerprint density at radius 1 is 1.00 bits per heavy atom. The van der Waals surface area contributed by atoms with E-state index < -0.39 is 48.0 Å². The highest BCUT2D eigenvalue weighted by molar-refractivity contribution is 5.84. The van der Waals surface area contributed by atoms with Gasteiger partial charge in [-0.15, -0.1) is 0 Å². The monoisotopic (exact) mass is 386 g/mol. The average molecular weight is 386 g/mol. The molecule has 0 saturated carbocycles. The molecule has 10 heteroatoms. The number of nitrogens with two attached hydrogens (primary N) is 1. The van der Waals surface area contributed by atoms with Crippen LogP contribution in [0.25, 0.3) is 0 Å². The number of nitrogens with one attached hydrogen (secondary N) is 1. The Kier molecular flexibility index (Phi) is 6.23. The van der Waals surface area contributed by atoms with Gasteiger partial charge in [-0.3, -0.25) is 5.32 Å². The predicted molar refractivity (Wildman–Crippen MR) is 83.8 cm³/mol. The van der Waals surface area contributed by atoms with Crippen molar-refractivity contribution in [3.05, 3.63) is 29.8 Å². The fourth-order valence-corrected chi connectivity index (χ4v) is 2.39. The van der Waals surface area contributed by atoms with Crippen LogP contribution in [0.2, 0.25) is 0 Å². The molecule has 0 radical (unpaired) electrons. The van der Waals surface area contributed by atoms with Crippen LogP contribution < -0.4 is 11.1 Å². The summed E-state index contributed by atoms with van der Waals surface area (Å²) in [7, 11) is 0. The maximum absolute atomic E-state index is 13.4. The zero-order valence-corrected chi connectivity index (χ0v) is 14.4. The van der Waals surface area contributed by atoms with Crippen molar-refractivity contribution >= 4 is 11.8 Å². The van der Waals surface area contributed by atoms with Gasteiger partial charge in [-0.2, -0.15) is 26.3 Å². The van der Waals surface area contributed by atoms with E-state index in [9.17, 15) is 31.1 Å². The van der Waals surface area contributed by atoms with Gasteiger partial charge in [0.05, 0.1) is 0 Å². The molecule has 0 spiro atoms. The number of halogens is 6. The summed E-state index contributed by atoms with van der Waals surface area (Å²) >= 11 is 0. The molecule has 0 unspecified atom stereocenters. The van der Waals surface area contributed by atoms with Crippen LogP contribution in [0.1, 0.15) is 32.8 Å². The number of rotatable bonds is 4. The number of carbonyl (C=O) groups is 1. The average Bonchev–Trinajstić information content (AvgIpc) is 2.41. The molecule has 3 N–H and O–H groups in total. The highest BCUT2D eigenvalue weighted by Gasteiger charge is 2.70. The number of carbonyl (C=O) groups excluding carboxylic acids is 1. The van der Waals surface area contributed by atoms with Gasteiger partial charge >= 0.3 is 18.4 Å². The molecule has 1 aromatic carbocycles. The number of hydrogen-bond acceptors (Lipinski definition) is 3. The molecule has 0 aliphatic heterocycles. The minimum absolute atomic E-state index is 0.00556. The van der Waals surface area contributed by atoms with Gasteiger partial charge in [0, 0.05) is 5.69 Å². The fraction of sp³-hybridized carbons (Fsp3) is 0.562. The van der Waals surface area contributed by atoms with Gasteiger partial charge in [-0.1, -0.05) is 12.1 Å². The van der Waals surface area contributed by atoms with Crippen LogP contribution in [0.3, 0.4) is 0 Å². The first-order valence-corrected chi connectivity index (χ1v) is 7.58. The first-order chi connectivity index (χ1) is 11.6. The molecule has 1 amide bonds. The zero-order valence-electron chi connectivity index (χ0n) is 14.4. The fourth-order valence-electron chi connectivity index (χ4n) is 2.39. The van der Waals surface area contributed by atoms with Crippen LogP contribution in [0.15, 0.2) is 24.3 Å². The number of amides is 1. The first-order valence-electron chi connectivity index (χ1n) is 7.58. The molecule has 0 aromatic heterocycles.